The van der Waals surface area contributed by atoms with Gasteiger partial charge in [0.1, 0.15) is 23.2 Å². The van der Waals surface area contributed by atoms with Gasteiger partial charge in [0.05, 0.1) is 54.0 Å². The van der Waals surface area contributed by atoms with Gasteiger partial charge in [-0.2, -0.15) is 0 Å². The number of rotatable bonds is 11. The van der Waals surface area contributed by atoms with E-state index in [1.807, 2.05) is 81.5 Å². The molecule has 1 aromatic heterocycles. The van der Waals surface area contributed by atoms with Crippen molar-refractivity contribution in [3.05, 3.63) is 60.7 Å². The lowest BCUT2D eigenvalue weighted by molar-refractivity contribution is -0.160. The molecular formula is C50H65N3O10S. The van der Waals surface area contributed by atoms with Gasteiger partial charge in [-0.25, -0.2) is 13.4 Å². The predicted molar refractivity (Wildman–Crippen MR) is 244 cm³/mol. The number of methoxy groups -OCH3 is 1. The fourth-order valence-electron chi connectivity index (χ4n) is 9.35. The van der Waals surface area contributed by atoms with Gasteiger partial charge in [0.25, 0.3) is 0 Å². The average molecular weight is 900 g/mol. The first-order valence-corrected chi connectivity index (χ1v) is 24.3. The van der Waals surface area contributed by atoms with E-state index in [1.54, 1.807) is 34.8 Å². The molecule has 0 radical (unpaired) electrons. The number of ether oxygens (including phenoxy) is 4. The highest BCUT2D eigenvalue weighted by atomic mass is 32.2. The largest absolute Gasteiger partial charge is 0.497 e. The topological polar surface area (TPSA) is 167 Å². The molecule has 3 aromatic rings. The summed E-state index contributed by atoms with van der Waals surface area (Å²) in [4.78, 5) is 64.3. The van der Waals surface area contributed by atoms with Gasteiger partial charge in [0, 0.05) is 23.8 Å². The van der Waals surface area contributed by atoms with Crippen molar-refractivity contribution in [2.24, 2.45) is 29.1 Å². The molecule has 7 atom stereocenters. The number of sulfonamides is 1. The molecule has 1 N–H and O–H groups in total. The van der Waals surface area contributed by atoms with Crippen LogP contribution in [0.4, 0.5) is 0 Å². The molecule has 3 heterocycles. The molecule has 7 rings (SSSR count). The van der Waals surface area contributed by atoms with Crippen molar-refractivity contribution in [1.82, 2.24) is 14.6 Å². The number of benzene rings is 2. The summed E-state index contributed by atoms with van der Waals surface area (Å²) >= 11 is 0. The van der Waals surface area contributed by atoms with E-state index in [0.717, 1.165) is 23.1 Å². The fraction of sp³-hybridized carbons (Fsp3) is 0.580. The lowest BCUT2D eigenvalue weighted by Crippen LogP contribution is -2.48. The Morgan fingerprint density at radius 1 is 1.00 bits per heavy atom. The van der Waals surface area contributed by atoms with Crippen LogP contribution in [-0.4, -0.2) is 84.1 Å². The number of esters is 1. The van der Waals surface area contributed by atoms with Gasteiger partial charge >= 0.3 is 5.97 Å². The Morgan fingerprint density at radius 3 is 2.36 bits per heavy atom. The monoisotopic (exact) mass is 899 g/mol. The van der Waals surface area contributed by atoms with E-state index in [9.17, 15) is 22.8 Å². The highest BCUT2D eigenvalue weighted by Gasteiger charge is 2.62. The number of aromatic nitrogens is 1. The molecular weight excluding hydrogens is 835 g/mol. The molecule has 346 valence electrons. The number of fused-ring (bicyclic) bond motifs is 3. The maximum atomic E-state index is 15.2. The molecule has 4 aliphatic rings. The summed E-state index contributed by atoms with van der Waals surface area (Å²) in [6, 6.07) is 14.1. The molecule has 0 unspecified atom stereocenters. The first-order chi connectivity index (χ1) is 30.1. The van der Waals surface area contributed by atoms with Gasteiger partial charge in [-0.15, -0.1) is 0 Å². The minimum atomic E-state index is -3.98. The summed E-state index contributed by atoms with van der Waals surface area (Å²) in [7, 11) is -2.39. The summed E-state index contributed by atoms with van der Waals surface area (Å²) in [6.07, 6.45) is 6.29. The summed E-state index contributed by atoms with van der Waals surface area (Å²) in [5.41, 5.74) is -0.623. The zero-order valence-corrected chi connectivity index (χ0v) is 39.6. The molecule has 2 saturated carbocycles. The van der Waals surface area contributed by atoms with Crippen molar-refractivity contribution in [1.29, 1.82) is 0 Å². The summed E-state index contributed by atoms with van der Waals surface area (Å²) < 4.78 is 52.1. The van der Waals surface area contributed by atoms with Crippen LogP contribution in [0.5, 0.6) is 17.4 Å². The molecule has 3 fully saturated rings. The van der Waals surface area contributed by atoms with Gasteiger partial charge in [-0.3, -0.25) is 23.9 Å². The Labute approximate surface area is 378 Å². The number of Topliss-reactive ketones (excluding diaryl/α,β-unsaturated/α-hetero) is 1. The number of carbonyl (C=O) groups excluding carboxylic acids is 4. The van der Waals surface area contributed by atoms with Crippen molar-refractivity contribution in [3.8, 4) is 28.6 Å². The van der Waals surface area contributed by atoms with Crippen molar-refractivity contribution in [2.75, 3.05) is 13.7 Å². The Bertz CT molecular complexity index is 2400. The zero-order chi connectivity index (χ0) is 46.4. The molecule has 0 spiro atoms. The second kappa shape index (κ2) is 18.1. The lowest BCUT2D eigenvalue weighted by atomic mass is 9.82. The van der Waals surface area contributed by atoms with Crippen LogP contribution in [-0.2, 0) is 33.9 Å². The van der Waals surface area contributed by atoms with E-state index in [2.05, 4.69) is 11.6 Å². The van der Waals surface area contributed by atoms with Gasteiger partial charge < -0.3 is 23.8 Å². The smallest absolute Gasteiger partial charge is 0.307 e. The molecule has 2 amide bonds. The van der Waals surface area contributed by atoms with Crippen LogP contribution in [0.1, 0.15) is 113 Å². The van der Waals surface area contributed by atoms with Crippen molar-refractivity contribution >= 4 is 44.4 Å². The van der Waals surface area contributed by atoms with Crippen LogP contribution >= 0.6 is 0 Å². The van der Waals surface area contributed by atoms with E-state index in [1.165, 1.54) is 4.90 Å². The predicted octanol–water partition coefficient (Wildman–Crippen LogP) is 8.37. The van der Waals surface area contributed by atoms with Crippen LogP contribution < -0.4 is 18.9 Å². The second-order valence-electron chi connectivity index (χ2n) is 20.3. The molecule has 13 nitrogen and oxygen atoms in total. The van der Waals surface area contributed by atoms with E-state index >= 15 is 4.79 Å². The minimum absolute atomic E-state index is 0.00756. The normalized spacial score (nSPS) is 27.7. The molecule has 64 heavy (non-hydrogen) atoms. The van der Waals surface area contributed by atoms with E-state index in [0.29, 0.717) is 54.8 Å². The summed E-state index contributed by atoms with van der Waals surface area (Å²) in [6.45, 7) is 15.0. The number of allylic oxidation sites excluding steroid dienone is 2. The summed E-state index contributed by atoms with van der Waals surface area (Å²) in [5, 5.41) is 1.50. The van der Waals surface area contributed by atoms with Gasteiger partial charge in [0.2, 0.25) is 27.7 Å². The number of amides is 2. The SMILES string of the molecule is COc1ccc2c(O[C@@H]3C[C@H]4C(=O)C[C@]5(C(=O)NS(=O)(=O)C6(C)CC6)C[C@H]5/C=C\CC[C@@H](C)C[C@@H](C)[C@H](CC(=O)OC(C)(C)C)C(=O)N4C3)nc(-c3ccc(OC(C)C)cc3)cc2c1. The molecule has 0 bridgehead atoms. The molecule has 2 aliphatic carbocycles. The maximum Gasteiger partial charge on any atom is 0.307 e. The second-order valence-corrected chi connectivity index (χ2v) is 22.5. The standard InChI is InChI=1S/C50H65N3O10S/c1-30(2)61-36-16-14-33(15-17-36)41-24-34-23-37(60-9)18-19-39(34)45(51-41)62-38-25-42-43(54)28-50(47(57)52-64(58,59)49(8)20-21-49)27-35(50)13-11-10-12-31(3)22-32(4)40(46(56)53(42)29-38)26-44(55)63-48(5,6)7/h11,13-19,23-24,30-32,35,38,40,42H,10,12,20-22,25-29H2,1-9H3,(H,52,57)/b13-11-/t31-,32-,35-,38-,40+,42+,50-/m1/s1. The van der Waals surface area contributed by atoms with Crippen LogP contribution in [0.3, 0.4) is 0 Å². The van der Waals surface area contributed by atoms with E-state index in [-0.39, 0.29) is 61.4 Å². The highest BCUT2D eigenvalue weighted by Crippen LogP contribution is 2.58. The zero-order valence-electron chi connectivity index (χ0n) is 38.8. The molecule has 2 aromatic carbocycles. The lowest BCUT2D eigenvalue weighted by Gasteiger charge is -2.32. The number of pyridine rings is 1. The number of nitrogens with one attached hydrogen (secondary N) is 1. The third kappa shape index (κ3) is 10.4. The Morgan fingerprint density at radius 2 is 1.70 bits per heavy atom. The summed E-state index contributed by atoms with van der Waals surface area (Å²) in [5.74, 6) is -1.46. The van der Waals surface area contributed by atoms with Crippen LogP contribution in [0.2, 0.25) is 0 Å². The first-order valence-electron chi connectivity index (χ1n) is 22.8. The van der Waals surface area contributed by atoms with Crippen LogP contribution in [0.15, 0.2) is 60.7 Å². The first kappa shape index (κ1) is 47.0. The molecule has 2 aliphatic heterocycles. The number of ketones is 1. The third-order valence-corrected chi connectivity index (χ3v) is 15.6. The third-order valence-electron chi connectivity index (χ3n) is 13.4. The Kier molecular flexibility index (Phi) is 13.3. The minimum Gasteiger partial charge on any atom is -0.497 e. The fourth-order valence-corrected chi connectivity index (χ4v) is 10.7. The highest BCUT2D eigenvalue weighted by molar-refractivity contribution is 7.91. The van der Waals surface area contributed by atoms with E-state index < -0.39 is 55.7 Å². The van der Waals surface area contributed by atoms with Crippen LogP contribution in [0.25, 0.3) is 22.0 Å². The number of hydrogen-bond acceptors (Lipinski definition) is 11. The maximum absolute atomic E-state index is 15.2. The van der Waals surface area contributed by atoms with Gasteiger partial charge in [0.15, 0.2) is 5.78 Å². The number of hydrogen-bond donors (Lipinski definition) is 1. The number of nitrogens with zero attached hydrogens (tertiary/aromatic N) is 2. The Hall–Kier alpha value is -4.98. The molecule has 1 saturated heterocycles. The average Bonchev–Trinajstić information content (AvgIpc) is 4.10. The van der Waals surface area contributed by atoms with Crippen molar-refractivity contribution < 1.29 is 46.5 Å². The van der Waals surface area contributed by atoms with Crippen molar-refractivity contribution in [3.63, 3.8) is 0 Å². The van der Waals surface area contributed by atoms with Gasteiger partial charge in [-0.1, -0.05) is 26.0 Å². The number of carbonyl (C=O) groups is 4. The quantitative estimate of drug-likeness (QED) is 0.145. The van der Waals surface area contributed by atoms with Gasteiger partial charge in [-0.05, 0) is 152 Å². The molecule has 14 heteroatoms. The Balaban J connectivity index is 1.26. The van der Waals surface area contributed by atoms with Crippen LogP contribution in [0, 0.1) is 29.1 Å². The van der Waals surface area contributed by atoms with E-state index in [4.69, 9.17) is 23.9 Å². The van der Waals surface area contributed by atoms with Crippen molar-refractivity contribution in [2.45, 2.75) is 142 Å².